The molecule has 5 aliphatic rings. The molecule has 6 aromatic rings. The van der Waals surface area contributed by atoms with Crippen molar-refractivity contribution in [2.75, 3.05) is 17.7 Å². The van der Waals surface area contributed by atoms with Crippen molar-refractivity contribution in [3.8, 4) is 33.4 Å². The van der Waals surface area contributed by atoms with Gasteiger partial charge in [0.05, 0.1) is 11.1 Å². The summed E-state index contributed by atoms with van der Waals surface area (Å²) in [6.45, 7) is 0. The minimum Gasteiger partial charge on any atom is -0.398 e. The highest BCUT2D eigenvalue weighted by atomic mass is 15.1. The second-order valence-corrected chi connectivity index (χ2v) is 16.3. The Morgan fingerprint density at radius 3 is 2.19 bits per heavy atom. The first kappa shape index (κ1) is 34.0. The van der Waals surface area contributed by atoms with Crippen LogP contribution in [0.15, 0.2) is 157 Å². The summed E-state index contributed by atoms with van der Waals surface area (Å²) in [6, 6.07) is 43.9. The molecule has 0 aromatic heterocycles. The van der Waals surface area contributed by atoms with Gasteiger partial charge in [0.2, 0.25) is 0 Å². The van der Waals surface area contributed by atoms with Gasteiger partial charge in [-0.3, -0.25) is 0 Å². The second kappa shape index (κ2) is 13.1. The van der Waals surface area contributed by atoms with Crippen molar-refractivity contribution < 1.29 is 0 Å². The van der Waals surface area contributed by atoms with Crippen LogP contribution in [0.5, 0.6) is 0 Å². The van der Waals surface area contributed by atoms with Crippen LogP contribution in [0.1, 0.15) is 71.0 Å². The van der Waals surface area contributed by atoms with Crippen molar-refractivity contribution in [1.29, 1.82) is 0 Å². The topological polar surface area (TPSA) is 29.3 Å². The van der Waals surface area contributed by atoms with Gasteiger partial charge in [-0.05, 0) is 123 Å². The van der Waals surface area contributed by atoms with Gasteiger partial charge >= 0.3 is 0 Å². The third-order valence-corrected chi connectivity index (χ3v) is 13.4. The third kappa shape index (κ3) is 4.91. The lowest BCUT2D eigenvalue weighted by Gasteiger charge is -2.45. The van der Waals surface area contributed by atoms with Crippen LogP contribution in [0.4, 0.5) is 17.1 Å². The van der Waals surface area contributed by atoms with Crippen molar-refractivity contribution >= 4 is 47.6 Å². The normalized spacial score (nSPS) is 18.5. The number of fused-ring (bicyclic) bond motifs is 9. The first-order chi connectivity index (χ1) is 28.1. The maximum atomic E-state index is 7.28. The Kier molecular flexibility index (Phi) is 7.83. The predicted molar refractivity (Wildman–Crippen MR) is 245 cm³/mol. The Hall–Kier alpha value is -6.32. The third-order valence-electron chi connectivity index (χ3n) is 13.4. The summed E-state index contributed by atoms with van der Waals surface area (Å²) in [5.74, 6) is 0. The van der Waals surface area contributed by atoms with E-state index in [1.165, 1.54) is 89.2 Å². The van der Waals surface area contributed by atoms with Gasteiger partial charge < -0.3 is 10.6 Å². The van der Waals surface area contributed by atoms with Gasteiger partial charge in [0.1, 0.15) is 7.85 Å². The molecule has 0 bridgehead atoms. The number of hydrogen-bond acceptors (Lipinski definition) is 2. The van der Waals surface area contributed by atoms with Crippen LogP contribution in [-0.2, 0) is 11.8 Å². The monoisotopic (exact) mass is 732 g/mol. The summed E-state index contributed by atoms with van der Waals surface area (Å²) < 4.78 is 0. The molecule has 11 rings (SSSR count). The molecule has 6 aromatic carbocycles. The Labute approximate surface area is 337 Å². The molecule has 0 saturated carbocycles. The molecule has 0 radical (unpaired) electrons. The summed E-state index contributed by atoms with van der Waals surface area (Å²) in [7, 11) is 4.53. The van der Waals surface area contributed by atoms with E-state index in [0.29, 0.717) is 0 Å². The molecule has 274 valence electrons. The van der Waals surface area contributed by atoms with Crippen molar-refractivity contribution in [2.45, 2.75) is 43.9 Å². The molecule has 3 heteroatoms. The average molecular weight is 733 g/mol. The van der Waals surface area contributed by atoms with E-state index in [1.54, 1.807) is 0 Å². The number of allylic oxidation sites excluding steroid dienone is 9. The van der Waals surface area contributed by atoms with E-state index in [4.69, 9.17) is 5.73 Å². The summed E-state index contributed by atoms with van der Waals surface area (Å²) >= 11 is 0. The molecule has 2 nitrogen and oxygen atoms in total. The number of rotatable bonds is 4. The predicted octanol–water partition coefficient (Wildman–Crippen LogP) is 11.8. The zero-order chi connectivity index (χ0) is 38.3. The molecule has 1 atom stereocenters. The quantitative estimate of drug-likeness (QED) is 0.144. The second-order valence-electron chi connectivity index (χ2n) is 16.3. The largest absolute Gasteiger partial charge is 0.398 e. The molecular weight excluding hydrogens is 687 g/mol. The zero-order valence-electron chi connectivity index (χ0n) is 32.8. The summed E-state index contributed by atoms with van der Waals surface area (Å²) in [4.78, 5) is 2.47. The van der Waals surface area contributed by atoms with Gasteiger partial charge in [0, 0.05) is 35.1 Å². The summed E-state index contributed by atoms with van der Waals surface area (Å²) in [6.07, 6.45) is 22.7. The molecule has 0 amide bonds. The van der Waals surface area contributed by atoms with Gasteiger partial charge in [-0.15, -0.1) is 0 Å². The van der Waals surface area contributed by atoms with E-state index >= 15 is 0 Å². The number of nitrogens with two attached hydrogens (primary N) is 1. The summed E-state index contributed by atoms with van der Waals surface area (Å²) in [5.41, 5.74) is 32.0. The van der Waals surface area contributed by atoms with E-state index in [-0.39, 0.29) is 0 Å². The Bertz CT molecular complexity index is 2850. The zero-order valence-corrected chi connectivity index (χ0v) is 32.8. The van der Waals surface area contributed by atoms with Crippen molar-refractivity contribution in [1.82, 2.24) is 0 Å². The molecule has 1 unspecified atom stereocenters. The minimum atomic E-state index is -0.447. The molecule has 0 saturated heterocycles. The van der Waals surface area contributed by atoms with Gasteiger partial charge in [-0.25, -0.2) is 0 Å². The van der Waals surface area contributed by atoms with Crippen LogP contribution in [0.2, 0.25) is 0 Å². The van der Waals surface area contributed by atoms with Crippen LogP contribution in [0.25, 0.3) is 50.6 Å². The van der Waals surface area contributed by atoms with Gasteiger partial charge in [-0.1, -0.05) is 151 Å². The summed E-state index contributed by atoms with van der Waals surface area (Å²) in [5, 5.41) is 0. The van der Waals surface area contributed by atoms with Crippen molar-refractivity contribution in [3.63, 3.8) is 0 Å². The van der Waals surface area contributed by atoms with Crippen molar-refractivity contribution in [2.24, 2.45) is 0 Å². The smallest absolute Gasteiger partial charge is 0.140 e. The van der Waals surface area contributed by atoms with E-state index in [9.17, 15) is 0 Å². The van der Waals surface area contributed by atoms with Crippen molar-refractivity contribution in [3.05, 3.63) is 196 Å². The van der Waals surface area contributed by atoms with E-state index < -0.39 is 5.41 Å². The molecule has 57 heavy (non-hydrogen) atoms. The fourth-order valence-corrected chi connectivity index (χ4v) is 10.8. The Balaban J connectivity index is 1.25. The highest BCUT2D eigenvalue weighted by molar-refractivity contribution is 6.36. The molecule has 1 spiro atoms. The fourth-order valence-electron chi connectivity index (χ4n) is 10.8. The average Bonchev–Trinajstić information content (AvgIpc) is 3.56. The SMILES string of the molecule is Bc1ccc(C2=CCCC=C2)cc1-c1cccc(-c2ccc3c(c2N)C=CCC3)c1-c1cccc2c1N(C)c1ccccc1C21C2=C(CCC=C2)c2ccccc21. The van der Waals surface area contributed by atoms with Crippen LogP contribution in [0, 0.1) is 0 Å². The number of nitrogen functional groups attached to an aromatic ring is 1. The van der Waals surface area contributed by atoms with Crippen LogP contribution < -0.4 is 16.1 Å². The first-order valence-corrected chi connectivity index (χ1v) is 20.7. The molecule has 4 aliphatic carbocycles. The first-order valence-electron chi connectivity index (χ1n) is 20.7. The van der Waals surface area contributed by atoms with Gasteiger partial charge in [0.25, 0.3) is 0 Å². The number of benzene rings is 6. The number of hydrogen-bond donors (Lipinski definition) is 1. The lowest BCUT2D eigenvalue weighted by atomic mass is 9.63. The van der Waals surface area contributed by atoms with E-state index in [1.807, 2.05) is 0 Å². The van der Waals surface area contributed by atoms with Crippen LogP contribution >= 0.6 is 0 Å². The maximum absolute atomic E-state index is 7.28. The minimum absolute atomic E-state index is 0.447. The lowest BCUT2D eigenvalue weighted by Crippen LogP contribution is -2.37. The molecule has 1 aliphatic heterocycles. The highest BCUT2D eigenvalue weighted by Gasteiger charge is 2.52. The molecular formula is C54H45BN2. The molecule has 1 heterocycles. The molecule has 2 N–H and O–H groups in total. The number of anilines is 3. The molecule has 0 fully saturated rings. The number of para-hydroxylation sites is 2. The van der Waals surface area contributed by atoms with Crippen LogP contribution in [-0.4, -0.2) is 14.9 Å². The fraction of sp³-hybridized carbons (Fsp3) is 0.148. The van der Waals surface area contributed by atoms with E-state index in [0.717, 1.165) is 60.9 Å². The Morgan fingerprint density at radius 1 is 0.596 bits per heavy atom. The highest BCUT2D eigenvalue weighted by Crippen LogP contribution is 2.64. The van der Waals surface area contributed by atoms with E-state index in [2.05, 4.69) is 178 Å². The number of nitrogens with zero attached hydrogens (tertiary/aromatic N) is 1. The van der Waals surface area contributed by atoms with Gasteiger partial charge in [-0.2, -0.15) is 0 Å². The lowest BCUT2D eigenvalue weighted by molar-refractivity contribution is 0.738. The van der Waals surface area contributed by atoms with Gasteiger partial charge in [0.15, 0.2) is 0 Å². The standard InChI is InChI=1S/C54H45BN2/c1-57-50-28-12-11-26-47(50)54(45-24-9-7-19-38(45)39-20-8-10-25-46(39)54)48-27-14-23-43(53(48)57)51-40(42-31-29-35-17-5-6-18-37(35)52(42)56)21-13-22-41(51)44-33-36(30-32-49(44)55)34-15-3-2-4-16-34/h3,6-7,9-16,18-19,21-33H,2,4-5,8,17,20,55-56H2,1H3. The maximum Gasteiger partial charge on any atom is 0.140 e. The van der Waals surface area contributed by atoms with Crippen LogP contribution in [0.3, 0.4) is 0 Å². The Morgan fingerprint density at radius 2 is 1.32 bits per heavy atom. The number of aryl methyl sites for hydroxylation is 1.